The van der Waals surface area contributed by atoms with E-state index in [1.165, 1.54) is 16.0 Å². The van der Waals surface area contributed by atoms with Gasteiger partial charge in [-0.1, -0.05) is 67.7 Å². The minimum atomic E-state index is -1.87. The molecule has 20 heavy (non-hydrogen) atoms. The highest BCUT2D eigenvalue weighted by Crippen LogP contribution is 2.24. The second kappa shape index (κ2) is 5.79. The zero-order chi connectivity index (χ0) is 14.8. The molecule has 3 heteroatoms. The summed E-state index contributed by atoms with van der Waals surface area (Å²) in [5, 5.41) is 3.78. The summed E-state index contributed by atoms with van der Waals surface area (Å²) < 4.78 is 5.19. The molecule has 0 saturated heterocycles. The van der Waals surface area contributed by atoms with Crippen LogP contribution in [0.25, 0.3) is 10.8 Å². The van der Waals surface area contributed by atoms with Crippen molar-refractivity contribution in [2.45, 2.75) is 32.5 Å². The molecule has 0 aliphatic heterocycles. The molecule has 2 nitrogen and oxygen atoms in total. The smallest absolute Gasteiger partial charge is 0.306 e. The third kappa shape index (κ3) is 2.78. The van der Waals surface area contributed by atoms with Crippen molar-refractivity contribution in [1.82, 2.24) is 0 Å². The fourth-order valence-corrected chi connectivity index (χ4v) is 4.61. The summed E-state index contributed by atoms with van der Waals surface area (Å²) in [6, 6.07) is 14.9. The molecular weight excluding hydrogens is 264 g/mol. The molecule has 0 bridgehead atoms. The first-order chi connectivity index (χ1) is 9.46. The van der Waals surface area contributed by atoms with Crippen molar-refractivity contribution >= 4 is 30.0 Å². The van der Waals surface area contributed by atoms with Crippen molar-refractivity contribution < 1.29 is 9.53 Å². The molecule has 0 fully saturated rings. The Balaban J connectivity index is 2.37. The first-order valence-electron chi connectivity index (χ1n) is 7.12. The quantitative estimate of drug-likeness (QED) is 0.632. The van der Waals surface area contributed by atoms with Crippen molar-refractivity contribution in [2.24, 2.45) is 0 Å². The van der Waals surface area contributed by atoms with Crippen LogP contribution in [0.15, 0.2) is 42.5 Å². The van der Waals surface area contributed by atoms with Crippen LogP contribution < -0.4 is 5.19 Å². The first kappa shape index (κ1) is 14.8. The van der Waals surface area contributed by atoms with E-state index in [1.54, 1.807) is 0 Å². The molecule has 0 heterocycles. The SMILES string of the molecule is CCOC(=O)[C@H](C)[Si](C)(C)c1ccc2ccccc2c1. The van der Waals surface area contributed by atoms with Gasteiger partial charge in [0.1, 0.15) is 0 Å². The molecule has 0 unspecified atom stereocenters. The molecule has 2 aromatic rings. The molecule has 2 aromatic carbocycles. The minimum Gasteiger partial charge on any atom is -0.466 e. The Hall–Kier alpha value is -1.61. The lowest BCUT2D eigenvalue weighted by Crippen LogP contribution is -2.48. The van der Waals surface area contributed by atoms with E-state index in [2.05, 4.69) is 49.5 Å². The molecule has 2 rings (SSSR count). The molecule has 0 aliphatic rings. The van der Waals surface area contributed by atoms with Crippen LogP contribution in [0.4, 0.5) is 0 Å². The Kier molecular flexibility index (Phi) is 4.28. The predicted octanol–water partition coefficient (Wildman–Crippen LogP) is 3.71. The van der Waals surface area contributed by atoms with Crippen molar-refractivity contribution in [1.29, 1.82) is 0 Å². The van der Waals surface area contributed by atoms with Crippen molar-refractivity contribution in [2.75, 3.05) is 6.61 Å². The molecule has 0 aromatic heterocycles. The molecule has 0 spiro atoms. The van der Waals surface area contributed by atoms with Crippen molar-refractivity contribution in [3.8, 4) is 0 Å². The van der Waals surface area contributed by atoms with Gasteiger partial charge in [-0.15, -0.1) is 0 Å². The van der Waals surface area contributed by atoms with Gasteiger partial charge in [0.2, 0.25) is 0 Å². The molecule has 0 N–H and O–H groups in total. The maximum absolute atomic E-state index is 12.0. The highest BCUT2D eigenvalue weighted by atomic mass is 28.3. The summed E-state index contributed by atoms with van der Waals surface area (Å²) in [4.78, 5) is 12.0. The van der Waals surface area contributed by atoms with E-state index in [0.717, 1.165) is 0 Å². The van der Waals surface area contributed by atoms with Crippen LogP contribution in [-0.2, 0) is 9.53 Å². The van der Waals surface area contributed by atoms with Gasteiger partial charge < -0.3 is 4.74 Å². The fraction of sp³-hybridized carbons (Fsp3) is 0.353. The lowest BCUT2D eigenvalue weighted by Gasteiger charge is -2.28. The average Bonchev–Trinajstić information content (AvgIpc) is 2.46. The summed E-state index contributed by atoms with van der Waals surface area (Å²) >= 11 is 0. The lowest BCUT2D eigenvalue weighted by molar-refractivity contribution is -0.142. The van der Waals surface area contributed by atoms with Crippen LogP contribution in [-0.4, -0.2) is 20.7 Å². The Morgan fingerprint density at radius 2 is 1.80 bits per heavy atom. The highest BCUT2D eigenvalue weighted by molar-refractivity contribution is 6.93. The Bertz CT molecular complexity index is 619. The standard InChI is InChI=1S/C17H22O2Si/c1-5-19-17(18)13(2)20(3,4)16-11-10-14-8-6-7-9-15(14)12-16/h6-13H,5H2,1-4H3/t13-/m0/s1. The Labute approximate surface area is 121 Å². The van der Waals surface area contributed by atoms with Gasteiger partial charge in [-0.2, -0.15) is 0 Å². The number of fused-ring (bicyclic) bond motifs is 1. The van der Waals surface area contributed by atoms with E-state index in [4.69, 9.17) is 4.74 Å². The summed E-state index contributed by atoms with van der Waals surface area (Å²) in [7, 11) is -1.87. The van der Waals surface area contributed by atoms with E-state index in [0.29, 0.717) is 6.61 Å². The molecule has 0 radical (unpaired) electrons. The van der Waals surface area contributed by atoms with Gasteiger partial charge in [0.15, 0.2) is 0 Å². The Morgan fingerprint density at radius 3 is 2.45 bits per heavy atom. The first-order valence-corrected chi connectivity index (χ1v) is 10.2. The number of carbonyl (C=O) groups is 1. The summed E-state index contributed by atoms with van der Waals surface area (Å²) in [6.45, 7) is 8.78. The van der Waals surface area contributed by atoms with Crippen LogP contribution in [0.3, 0.4) is 0 Å². The van der Waals surface area contributed by atoms with Crippen LogP contribution in [0, 0.1) is 0 Å². The van der Waals surface area contributed by atoms with Crippen molar-refractivity contribution in [3.05, 3.63) is 42.5 Å². The molecule has 106 valence electrons. The second-order valence-corrected chi connectivity index (χ2v) is 10.6. The number of esters is 1. The van der Waals surface area contributed by atoms with Gasteiger partial charge >= 0.3 is 5.97 Å². The topological polar surface area (TPSA) is 26.3 Å². The van der Waals surface area contributed by atoms with E-state index in [9.17, 15) is 4.79 Å². The highest BCUT2D eigenvalue weighted by Gasteiger charge is 2.36. The summed E-state index contributed by atoms with van der Waals surface area (Å²) in [5.41, 5.74) is -0.0383. The molecular formula is C17H22O2Si. The summed E-state index contributed by atoms with van der Waals surface area (Å²) in [6.07, 6.45) is 0. The number of rotatable bonds is 4. The molecule has 1 atom stereocenters. The lowest BCUT2D eigenvalue weighted by atomic mass is 10.1. The third-order valence-electron chi connectivity index (χ3n) is 4.22. The van der Waals surface area contributed by atoms with Crippen LogP contribution in [0.1, 0.15) is 13.8 Å². The zero-order valence-electron chi connectivity index (χ0n) is 12.6. The van der Waals surface area contributed by atoms with E-state index in [1.807, 2.05) is 19.9 Å². The maximum atomic E-state index is 12.0. The van der Waals surface area contributed by atoms with Gasteiger partial charge in [0.25, 0.3) is 0 Å². The minimum absolute atomic E-state index is 0.0383. The van der Waals surface area contributed by atoms with Crippen LogP contribution >= 0.6 is 0 Å². The maximum Gasteiger partial charge on any atom is 0.306 e. The number of hydrogen-bond donors (Lipinski definition) is 0. The van der Waals surface area contributed by atoms with Gasteiger partial charge in [0.05, 0.1) is 20.2 Å². The molecule has 0 saturated carbocycles. The van der Waals surface area contributed by atoms with Crippen LogP contribution in [0.5, 0.6) is 0 Å². The molecule has 0 aliphatic carbocycles. The van der Waals surface area contributed by atoms with E-state index < -0.39 is 8.07 Å². The van der Waals surface area contributed by atoms with E-state index >= 15 is 0 Å². The Morgan fingerprint density at radius 1 is 1.15 bits per heavy atom. The largest absolute Gasteiger partial charge is 0.466 e. The molecule has 0 amide bonds. The van der Waals surface area contributed by atoms with Gasteiger partial charge in [-0.25, -0.2) is 0 Å². The van der Waals surface area contributed by atoms with Crippen LogP contribution in [0.2, 0.25) is 18.6 Å². The van der Waals surface area contributed by atoms with Gasteiger partial charge in [0, 0.05) is 0 Å². The average molecular weight is 286 g/mol. The van der Waals surface area contributed by atoms with Gasteiger partial charge in [-0.05, 0) is 17.7 Å². The number of carbonyl (C=O) groups excluding carboxylic acids is 1. The third-order valence-corrected chi connectivity index (χ3v) is 8.42. The second-order valence-electron chi connectivity index (χ2n) is 5.76. The fourth-order valence-electron chi connectivity index (χ4n) is 2.40. The normalized spacial score (nSPS) is 13.2. The van der Waals surface area contributed by atoms with Crippen molar-refractivity contribution in [3.63, 3.8) is 0 Å². The number of ether oxygens (including phenoxy) is 1. The zero-order valence-corrected chi connectivity index (χ0v) is 13.6. The monoisotopic (exact) mass is 286 g/mol. The number of hydrogen-bond acceptors (Lipinski definition) is 2. The van der Waals surface area contributed by atoms with Gasteiger partial charge in [-0.3, -0.25) is 4.79 Å². The van der Waals surface area contributed by atoms with E-state index in [-0.39, 0.29) is 11.5 Å². The predicted molar refractivity (Wildman–Crippen MR) is 87.1 cm³/mol. The summed E-state index contributed by atoms with van der Waals surface area (Å²) in [5.74, 6) is -0.0719. The number of benzene rings is 2.